The topological polar surface area (TPSA) is 91.8 Å². The molecule has 0 unspecified atom stereocenters. The lowest BCUT2D eigenvalue weighted by molar-refractivity contribution is -0.698. The van der Waals surface area contributed by atoms with Gasteiger partial charge in [0.1, 0.15) is 13.7 Å². The third kappa shape index (κ3) is 17.5. The fourth-order valence-electron chi connectivity index (χ4n) is 7.49. The Balaban J connectivity index is 0.000000315. The molecular formula is C52H60ClIN4O6P2S2. The highest BCUT2D eigenvalue weighted by Gasteiger charge is 2.12. The molecule has 1 N–H and O–H groups in total. The van der Waals surface area contributed by atoms with Crippen LogP contribution in [0.25, 0.3) is 67.9 Å². The summed E-state index contributed by atoms with van der Waals surface area (Å²) < 4.78 is 39.0. The average molecular weight is 1130 g/mol. The predicted octanol–water partition coefficient (Wildman–Crippen LogP) is 4.52. The second kappa shape index (κ2) is 32.8. The van der Waals surface area contributed by atoms with Crippen LogP contribution in [0.3, 0.4) is 0 Å². The minimum Gasteiger partial charge on any atom is -1.00 e. The van der Waals surface area contributed by atoms with E-state index >= 15 is 0 Å². The Morgan fingerprint density at radius 1 is 0.603 bits per heavy atom. The van der Waals surface area contributed by atoms with Crippen LogP contribution in [0.15, 0.2) is 134 Å². The number of methoxy groups -OCH3 is 2. The Labute approximate surface area is 437 Å². The molecule has 0 aliphatic carbocycles. The van der Waals surface area contributed by atoms with Crippen LogP contribution < -0.4 is 45.5 Å². The van der Waals surface area contributed by atoms with Gasteiger partial charge in [-0.25, -0.2) is 9.13 Å². The van der Waals surface area contributed by atoms with Crippen LogP contribution >= 0.6 is 27.3 Å². The number of ether oxygens (including phenoxy) is 4. The number of fused-ring (bicyclic) bond motifs is 6. The maximum Gasteiger partial charge on any atom is 0.223 e. The van der Waals surface area contributed by atoms with Crippen molar-refractivity contribution in [1.82, 2.24) is 9.13 Å². The molecule has 4 heterocycles. The first-order valence-electron chi connectivity index (χ1n) is 21.6. The number of aliphatic hydroxyl groups excluding tert-OH is 1. The van der Waals surface area contributed by atoms with Crippen molar-refractivity contribution < 1.29 is 74.1 Å². The number of thiol groups is 1. The summed E-state index contributed by atoms with van der Waals surface area (Å²) in [5, 5.41) is 14.1. The summed E-state index contributed by atoms with van der Waals surface area (Å²) in [6.45, 7) is 8.11. The first-order valence-corrected chi connectivity index (χ1v) is 26.0. The van der Waals surface area contributed by atoms with Gasteiger partial charge in [-0.15, -0.1) is 0 Å². The van der Waals surface area contributed by atoms with Crippen LogP contribution in [-0.2, 0) is 62.0 Å². The number of para-hydroxylation sites is 2. The molecule has 0 atom stereocenters. The number of rotatable bonds is 18. The molecule has 16 heteroatoms. The van der Waals surface area contributed by atoms with E-state index in [1.165, 1.54) is 60.3 Å². The van der Waals surface area contributed by atoms with Gasteiger partial charge in [-0.3, -0.25) is 4.57 Å². The Kier molecular flexibility index (Phi) is 28.1. The van der Waals surface area contributed by atoms with Gasteiger partial charge in [-0.1, -0.05) is 96.9 Å². The van der Waals surface area contributed by atoms with Crippen molar-refractivity contribution in [2.24, 2.45) is 7.05 Å². The summed E-state index contributed by atoms with van der Waals surface area (Å²) in [7, 11) is 6.27. The number of benzene rings is 4. The second-order valence-corrected chi connectivity index (χ2v) is 17.0. The normalized spacial score (nSPS) is 11.0. The van der Waals surface area contributed by atoms with Crippen molar-refractivity contribution in [3.63, 3.8) is 0 Å². The molecule has 8 rings (SSSR count). The molecule has 0 aliphatic heterocycles. The number of hydrogen-bond acceptors (Lipinski definition) is 7. The van der Waals surface area contributed by atoms with Crippen molar-refractivity contribution in [1.29, 1.82) is 0 Å². The zero-order valence-electron chi connectivity index (χ0n) is 38.9. The molecule has 0 amide bonds. The maximum absolute atomic E-state index is 9.04. The lowest BCUT2D eigenvalue weighted by atomic mass is 10.1. The standard InChI is InChI=1S/C26H29N2O3.C25H27N2O2.CH3PS.ClH.HI.HOPS/c1-30-18-19-31-17-15-28-25-5-3-2-4-23(25)24-20-22(8-9-26(24)28)7-6-21-10-12-27(13-11-21)14-16-29;1-26-13-11-20(12-14-26)7-8-21-9-10-25-23(19-21)22-5-3-4-6-24(22)27(25)15-16-29-18-17-28-2;1-2-3;;;1-2-3/h2-13,20,29H,14-19H2,1H3;3-14,19H,15-18H2,1-2H3;1H3;2*1H;(H,1,3)/q2*+1;;;;/p-2. The fraction of sp³-hybridized carbons (Fsp3) is 0.269. The lowest BCUT2D eigenvalue weighted by Crippen LogP contribution is -3.00. The third-order valence-electron chi connectivity index (χ3n) is 10.6. The number of halogens is 2. The smallest absolute Gasteiger partial charge is 0.223 e. The number of nitrogens with zero attached hydrogens (tertiary/aromatic N) is 4. The summed E-state index contributed by atoms with van der Waals surface area (Å²) in [6.07, 6.45) is 16.7. The molecule has 0 bridgehead atoms. The van der Waals surface area contributed by atoms with E-state index < -0.39 is 0 Å². The molecule has 360 valence electrons. The van der Waals surface area contributed by atoms with E-state index in [-0.39, 0.29) is 50.7 Å². The third-order valence-corrected chi connectivity index (χ3v) is 10.6. The highest BCUT2D eigenvalue weighted by atomic mass is 127. The quantitative estimate of drug-likeness (QED) is 0.0430. The summed E-state index contributed by atoms with van der Waals surface area (Å²) in [6, 6.07) is 38.8. The first-order chi connectivity index (χ1) is 32.4. The number of aryl methyl sites for hydroxylation is 1. The van der Waals surface area contributed by atoms with Crippen LogP contribution in [-0.4, -0.2) is 81.4 Å². The monoisotopic (exact) mass is 1120 g/mol. The Morgan fingerprint density at radius 2 is 0.985 bits per heavy atom. The highest BCUT2D eigenvalue weighted by molar-refractivity contribution is 8.33. The molecule has 0 spiro atoms. The molecule has 10 nitrogen and oxygen atoms in total. The van der Waals surface area contributed by atoms with Crippen LogP contribution in [0.1, 0.15) is 22.3 Å². The van der Waals surface area contributed by atoms with E-state index in [1.807, 2.05) is 35.2 Å². The van der Waals surface area contributed by atoms with Crippen molar-refractivity contribution >= 4 is 107 Å². The zero-order valence-corrected chi connectivity index (χ0v) is 45.3. The van der Waals surface area contributed by atoms with Crippen LogP contribution in [0.5, 0.6) is 0 Å². The van der Waals surface area contributed by atoms with E-state index in [1.54, 1.807) is 14.2 Å². The highest BCUT2D eigenvalue weighted by Crippen LogP contribution is 2.31. The van der Waals surface area contributed by atoms with Gasteiger partial charge in [-0.2, -0.15) is 0 Å². The van der Waals surface area contributed by atoms with Crippen molar-refractivity contribution in [3.05, 3.63) is 156 Å². The molecule has 8 aromatic rings. The predicted molar refractivity (Wildman–Crippen MR) is 280 cm³/mol. The molecule has 0 radical (unpaired) electrons. The molecule has 0 fully saturated rings. The second-order valence-electron chi connectivity index (χ2n) is 14.9. The number of pyridine rings is 2. The summed E-state index contributed by atoms with van der Waals surface area (Å²) in [5.41, 5.74) is 9.62. The average Bonchev–Trinajstić information content (AvgIpc) is 3.83. The molecular weight excluding hydrogens is 1070 g/mol. The largest absolute Gasteiger partial charge is 1.00 e. The van der Waals surface area contributed by atoms with Gasteiger partial charge in [-0.05, 0) is 72.7 Å². The van der Waals surface area contributed by atoms with Crippen molar-refractivity contribution in [2.45, 2.75) is 19.6 Å². The van der Waals surface area contributed by atoms with Crippen LogP contribution in [0.2, 0.25) is 0 Å². The van der Waals surface area contributed by atoms with Crippen molar-refractivity contribution in [2.75, 3.05) is 67.1 Å². The fourth-order valence-corrected chi connectivity index (χ4v) is 7.49. The molecule has 0 aliphatic rings. The molecule has 4 aromatic heterocycles. The van der Waals surface area contributed by atoms with E-state index in [0.717, 1.165) is 26.0 Å². The summed E-state index contributed by atoms with van der Waals surface area (Å²) in [5.74, 6) is 0. The van der Waals surface area contributed by atoms with Gasteiger partial charge < -0.3 is 69.6 Å². The molecule has 68 heavy (non-hydrogen) atoms. The summed E-state index contributed by atoms with van der Waals surface area (Å²) >= 11 is 7.57. The lowest BCUT2D eigenvalue weighted by Gasteiger charge is -2.08. The van der Waals surface area contributed by atoms with Gasteiger partial charge in [0.2, 0.25) is 7.66 Å². The Morgan fingerprint density at radius 3 is 1.40 bits per heavy atom. The van der Waals surface area contributed by atoms with E-state index in [4.69, 9.17) is 28.6 Å². The van der Waals surface area contributed by atoms with E-state index in [0.29, 0.717) is 46.2 Å². The first kappa shape index (κ1) is 58.4. The summed E-state index contributed by atoms with van der Waals surface area (Å²) in [4.78, 5) is 0. The molecule has 0 saturated heterocycles. The Hall–Kier alpha value is -3.95. The molecule has 0 saturated carbocycles. The minimum atomic E-state index is -0.139. The Bertz CT molecular complexity index is 2800. The number of aliphatic hydroxyl groups is 1. The SMILES string of the molecule is COCCOCCn1c2ccccc2c2cc(/C=C/c3cc[n+](C)cc3)ccc21.COCCOCCn1c2ccccc2c2cc(/C=C/c3cc[n+](CCO)cc3)ccc21.CP=S.O=PS.[Cl-].[I-]. The number of hydrogen-bond donors (Lipinski definition) is 2. The van der Waals surface area contributed by atoms with E-state index in [2.05, 4.69) is 179 Å². The van der Waals surface area contributed by atoms with Crippen LogP contribution in [0, 0.1) is 0 Å². The minimum absolute atomic E-state index is 0. The van der Waals surface area contributed by atoms with Gasteiger partial charge in [0.25, 0.3) is 0 Å². The van der Waals surface area contributed by atoms with Gasteiger partial charge in [0.05, 0.1) is 39.6 Å². The van der Waals surface area contributed by atoms with Crippen LogP contribution in [0.4, 0.5) is 0 Å². The van der Waals surface area contributed by atoms with Gasteiger partial charge >= 0.3 is 0 Å². The van der Waals surface area contributed by atoms with Gasteiger partial charge in [0, 0.05) is 95.2 Å². The van der Waals surface area contributed by atoms with Crippen molar-refractivity contribution in [3.8, 4) is 0 Å². The number of aromatic nitrogens is 4. The zero-order chi connectivity index (χ0) is 46.9. The molecule has 4 aromatic carbocycles. The van der Waals surface area contributed by atoms with Gasteiger partial charge in [0.15, 0.2) is 31.3 Å². The van der Waals surface area contributed by atoms with E-state index in [9.17, 15) is 0 Å². The maximum atomic E-state index is 9.04.